The Bertz CT molecular complexity index is 633. The summed E-state index contributed by atoms with van der Waals surface area (Å²) in [5, 5.41) is 4.41. The molecule has 3 rings (SSSR count). The first-order valence-corrected chi connectivity index (χ1v) is 7.52. The molecule has 0 radical (unpaired) electrons. The van der Waals surface area contributed by atoms with Gasteiger partial charge in [-0.15, -0.1) is 11.8 Å². The van der Waals surface area contributed by atoms with Crippen molar-refractivity contribution >= 4 is 40.8 Å². The number of hydrogen-bond acceptors (Lipinski definition) is 3. The molecule has 0 atom stereocenters. The number of fused-ring (bicyclic) bond motifs is 1. The van der Waals surface area contributed by atoms with E-state index in [0.29, 0.717) is 11.6 Å². The number of halogens is 1. The Morgan fingerprint density at radius 3 is 2.90 bits per heavy atom. The highest BCUT2D eigenvalue weighted by Crippen LogP contribution is 2.32. The molecule has 2 aromatic rings. The van der Waals surface area contributed by atoms with Crippen LogP contribution in [0, 0.1) is 0 Å². The lowest BCUT2D eigenvalue weighted by Crippen LogP contribution is -2.38. The summed E-state index contributed by atoms with van der Waals surface area (Å²) in [7, 11) is 0. The van der Waals surface area contributed by atoms with Gasteiger partial charge in [0.1, 0.15) is 5.03 Å². The predicted octanol–water partition coefficient (Wildman–Crippen LogP) is 3.88. The van der Waals surface area contributed by atoms with Crippen LogP contribution in [0.2, 0.25) is 5.02 Å². The fraction of sp³-hybridized carbons (Fsp3) is 0.143. The van der Waals surface area contributed by atoms with Gasteiger partial charge in [0.15, 0.2) is 0 Å². The molecule has 102 valence electrons. The molecule has 6 heteroatoms. The van der Waals surface area contributed by atoms with Crippen LogP contribution in [0.3, 0.4) is 0 Å². The van der Waals surface area contributed by atoms with E-state index in [1.54, 1.807) is 47.1 Å². The number of pyridine rings is 1. The molecule has 2 heterocycles. The van der Waals surface area contributed by atoms with Crippen LogP contribution >= 0.6 is 23.4 Å². The Labute approximate surface area is 126 Å². The molecule has 4 nitrogen and oxygen atoms in total. The van der Waals surface area contributed by atoms with Gasteiger partial charge in [-0.2, -0.15) is 0 Å². The van der Waals surface area contributed by atoms with Crippen LogP contribution in [-0.2, 0) is 0 Å². The molecule has 0 aliphatic carbocycles. The summed E-state index contributed by atoms with van der Waals surface area (Å²) in [6.45, 7) is 0.669. The number of carbonyl (C=O) groups is 1. The van der Waals surface area contributed by atoms with Crippen molar-refractivity contribution in [1.29, 1.82) is 0 Å². The third-order valence-corrected chi connectivity index (χ3v) is 4.16. The summed E-state index contributed by atoms with van der Waals surface area (Å²) >= 11 is 7.50. The Balaban J connectivity index is 1.80. The lowest BCUT2D eigenvalue weighted by Gasteiger charge is -2.28. The van der Waals surface area contributed by atoms with E-state index in [9.17, 15) is 4.79 Å². The van der Waals surface area contributed by atoms with Gasteiger partial charge in [-0.05, 0) is 36.4 Å². The number of nitrogens with zero attached hydrogens (tertiary/aromatic N) is 2. The molecule has 0 unspecified atom stereocenters. The molecule has 0 spiro atoms. The van der Waals surface area contributed by atoms with Crippen molar-refractivity contribution in [3.05, 3.63) is 47.6 Å². The molecular formula is C14H12ClN3OS. The van der Waals surface area contributed by atoms with Crippen LogP contribution in [0.1, 0.15) is 0 Å². The lowest BCUT2D eigenvalue weighted by atomic mass is 10.3. The first-order valence-electron chi connectivity index (χ1n) is 6.16. The van der Waals surface area contributed by atoms with E-state index in [4.69, 9.17) is 11.6 Å². The van der Waals surface area contributed by atoms with Crippen molar-refractivity contribution in [1.82, 2.24) is 4.98 Å². The maximum Gasteiger partial charge on any atom is 0.326 e. The highest BCUT2D eigenvalue weighted by molar-refractivity contribution is 7.99. The molecule has 1 N–H and O–H groups in total. The number of amides is 2. The minimum atomic E-state index is -0.151. The molecule has 1 aliphatic rings. The van der Waals surface area contributed by atoms with E-state index in [-0.39, 0.29) is 6.03 Å². The normalized spacial score (nSPS) is 13.8. The molecule has 1 aromatic carbocycles. The number of anilines is 2. The van der Waals surface area contributed by atoms with Gasteiger partial charge in [0.05, 0.1) is 5.69 Å². The highest BCUT2D eigenvalue weighted by atomic mass is 35.5. The van der Waals surface area contributed by atoms with Crippen molar-refractivity contribution in [3.63, 3.8) is 0 Å². The maximum atomic E-state index is 12.4. The van der Waals surface area contributed by atoms with E-state index in [1.165, 1.54) is 0 Å². The summed E-state index contributed by atoms with van der Waals surface area (Å²) < 4.78 is 0. The van der Waals surface area contributed by atoms with Gasteiger partial charge >= 0.3 is 6.03 Å². The van der Waals surface area contributed by atoms with Gasteiger partial charge in [0, 0.05) is 29.2 Å². The Morgan fingerprint density at radius 2 is 2.10 bits per heavy atom. The van der Waals surface area contributed by atoms with Gasteiger partial charge in [0.2, 0.25) is 0 Å². The second kappa shape index (κ2) is 5.73. The van der Waals surface area contributed by atoms with Gasteiger partial charge in [-0.1, -0.05) is 11.6 Å². The monoisotopic (exact) mass is 305 g/mol. The summed E-state index contributed by atoms with van der Waals surface area (Å²) in [4.78, 5) is 18.4. The van der Waals surface area contributed by atoms with Crippen molar-refractivity contribution < 1.29 is 4.79 Å². The van der Waals surface area contributed by atoms with Crippen molar-refractivity contribution in [2.24, 2.45) is 0 Å². The number of thioether (sulfide) groups is 1. The van der Waals surface area contributed by atoms with E-state index in [2.05, 4.69) is 10.3 Å². The average molecular weight is 306 g/mol. The van der Waals surface area contributed by atoms with Crippen LogP contribution in [0.5, 0.6) is 0 Å². The second-order valence-electron chi connectivity index (χ2n) is 4.26. The standard InChI is InChI=1S/C14H12ClN3OS/c15-10-3-5-11(6-4-10)17-14(19)18-8-9-20-13-12(18)2-1-7-16-13/h1-7H,8-9H2,(H,17,19). The van der Waals surface area contributed by atoms with E-state index in [0.717, 1.165) is 22.2 Å². The Hall–Kier alpha value is -1.72. The van der Waals surface area contributed by atoms with E-state index >= 15 is 0 Å². The number of rotatable bonds is 1. The molecule has 0 saturated heterocycles. The fourth-order valence-corrected chi connectivity index (χ4v) is 3.04. The summed E-state index contributed by atoms with van der Waals surface area (Å²) in [6.07, 6.45) is 1.74. The molecule has 0 fully saturated rings. The minimum absolute atomic E-state index is 0.151. The van der Waals surface area contributed by atoms with Gasteiger partial charge < -0.3 is 5.32 Å². The van der Waals surface area contributed by atoms with Crippen molar-refractivity contribution in [2.75, 3.05) is 22.5 Å². The molecular weight excluding hydrogens is 294 g/mol. The summed E-state index contributed by atoms with van der Waals surface area (Å²) in [5.74, 6) is 0.845. The molecule has 0 bridgehead atoms. The summed E-state index contributed by atoms with van der Waals surface area (Å²) in [5.41, 5.74) is 1.58. The van der Waals surface area contributed by atoms with Crippen LogP contribution in [0.15, 0.2) is 47.6 Å². The zero-order valence-electron chi connectivity index (χ0n) is 10.5. The average Bonchev–Trinajstić information content (AvgIpc) is 2.49. The van der Waals surface area contributed by atoms with Crippen molar-refractivity contribution in [3.8, 4) is 0 Å². The minimum Gasteiger partial charge on any atom is -0.308 e. The van der Waals surface area contributed by atoms with Crippen LogP contribution in [0.25, 0.3) is 0 Å². The predicted molar refractivity (Wildman–Crippen MR) is 82.8 cm³/mol. The molecule has 0 saturated carbocycles. The van der Waals surface area contributed by atoms with Gasteiger partial charge in [-0.25, -0.2) is 9.78 Å². The Kier molecular flexibility index (Phi) is 3.80. The molecule has 1 aromatic heterocycles. The van der Waals surface area contributed by atoms with Gasteiger partial charge in [0.25, 0.3) is 0 Å². The van der Waals surface area contributed by atoms with Gasteiger partial charge in [-0.3, -0.25) is 4.90 Å². The number of hydrogen-bond donors (Lipinski definition) is 1. The zero-order valence-corrected chi connectivity index (χ0v) is 12.1. The first-order chi connectivity index (χ1) is 9.74. The number of urea groups is 1. The fourth-order valence-electron chi connectivity index (χ4n) is 1.99. The number of carbonyl (C=O) groups excluding carboxylic acids is 1. The number of benzene rings is 1. The molecule has 1 aliphatic heterocycles. The summed E-state index contributed by atoms with van der Waals surface area (Å²) in [6, 6.07) is 10.7. The smallest absolute Gasteiger partial charge is 0.308 e. The number of nitrogens with one attached hydrogen (secondary N) is 1. The zero-order chi connectivity index (χ0) is 13.9. The van der Waals surface area contributed by atoms with Crippen LogP contribution in [-0.4, -0.2) is 23.3 Å². The highest BCUT2D eigenvalue weighted by Gasteiger charge is 2.23. The molecule has 2 amide bonds. The largest absolute Gasteiger partial charge is 0.326 e. The third kappa shape index (κ3) is 2.73. The molecule has 20 heavy (non-hydrogen) atoms. The van der Waals surface area contributed by atoms with Crippen LogP contribution < -0.4 is 10.2 Å². The number of aromatic nitrogens is 1. The maximum absolute atomic E-state index is 12.4. The van der Waals surface area contributed by atoms with E-state index in [1.807, 2.05) is 12.1 Å². The van der Waals surface area contributed by atoms with Crippen molar-refractivity contribution in [2.45, 2.75) is 5.03 Å². The topological polar surface area (TPSA) is 45.2 Å². The third-order valence-electron chi connectivity index (χ3n) is 2.94. The second-order valence-corrected chi connectivity index (χ2v) is 5.78. The SMILES string of the molecule is O=C(Nc1ccc(Cl)cc1)N1CCSc2ncccc21. The Morgan fingerprint density at radius 1 is 1.30 bits per heavy atom. The van der Waals surface area contributed by atoms with E-state index < -0.39 is 0 Å². The quantitative estimate of drug-likeness (QED) is 0.869. The lowest BCUT2D eigenvalue weighted by molar-refractivity contribution is 0.257. The first kappa shape index (κ1) is 13.3. The van der Waals surface area contributed by atoms with Crippen LogP contribution in [0.4, 0.5) is 16.2 Å².